The number of carbonyl (C=O) groups is 2. The lowest BCUT2D eigenvalue weighted by Gasteiger charge is -1.96. The molecule has 108 valence electrons. The quantitative estimate of drug-likeness (QED) is 0.467. The molecule has 0 atom stereocenters. The Kier molecular flexibility index (Phi) is 5.18. The van der Waals surface area contributed by atoms with Crippen molar-refractivity contribution >= 4 is 22.9 Å². The largest absolute Gasteiger partial charge is 0.346 e. The van der Waals surface area contributed by atoms with Crippen LogP contribution in [-0.4, -0.2) is 21.4 Å². The van der Waals surface area contributed by atoms with Gasteiger partial charge in [-0.15, -0.1) is 0 Å². The molecule has 0 fully saturated rings. The average Bonchev–Trinajstić information content (AvgIpc) is 2.44. The number of hydrogen-bond acceptors (Lipinski definition) is 6. The van der Waals surface area contributed by atoms with Gasteiger partial charge in [0.25, 0.3) is 0 Å². The van der Waals surface area contributed by atoms with Crippen LogP contribution in [0.15, 0.2) is 48.1 Å². The van der Waals surface area contributed by atoms with Gasteiger partial charge in [0.15, 0.2) is 11.6 Å². The highest BCUT2D eigenvalue weighted by Gasteiger charge is 2.21. The van der Waals surface area contributed by atoms with E-state index in [1.54, 1.807) is 6.92 Å². The van der Waals surface area contributed by atoms with E-state index in [4.69, 9.17) is 0 Å². The topological polar surface area (TPSA) is 120 Å². The molecule has 8 heteroatoms. The van der Waals surface area contributed by atoms with Crippen LogP contribution >= 0.6 is 0 Å². The molecule has 0 bridgehead atoms. The summed E-state index contributed by atoms with van der Waals surface area (Å²) in [5.74, 6) is -0.179. The van der Waals surface area contributed by atoms with Crippen molar-refractivity contribution in [2.75, 3.05) is 0 Å². The molecule has 8 nitrogen and oxygen atoms in total. The minimum Gasteiger partial charge on any atom is -0.290 e. The molecular formula is C13H10N2O6. The first-order valence-electron chi connectivity index (χ1n) is 5.65. The van der Waals surface area contributed by atoms with Crippen LogP contribution in [0.2, 0.25) is 0 Å². The Morgan fingerprint density at radius 2 is 1.38 bits per heavy atom. The average molecular weight is 290 g/mol. The lowest BCUT2D eigenvalue weighted by molar-refractivity contribution is -0.422. The number of benzene rings is 1. The molecule has 0 heterocycles. The zero-order valence-electron chi connectivity index (χ0n) is 10.9. The van der Waals surface area contributed by atoms with Gasteiger partial charge in [-0.2, -0.15) is 0 Å². The molecule has 1 aliphatic carbocycles. The number of carbonyl (C=O) groups excluding carboxylic acids is 2. The Morgan fingerprint density at radius 1 is 0.905 bits per heavy atom. The van der Waals surface area contributed by atoms with Crippen LogP contribution < -0.4 is 0 Å². The highest BCUT2D eigenvalue weighted by Crippen LogP contribution is 2.24. The Morgan fingerprint density at radius 3 is 1.71 bits per heavy atom. The van der Waals surface area contributed by atoms with Gasteiger partial charge in [-0.25, -0.2) is 0 Å². The first-order valence-corrected chi connectivity index (χ1v) is 5.65. The maximum absolute atomic E-state index is 10.6. The summed E-state index contributed by atoms with van der Waals surface area (Å²) in [6.07, 6.45) is 3.90. The third kappa shape index (κ3) is 4.46. The molecule has 1 aromatic carbocycles. The van der Waals surface area contributed by atoms with Gasteiger partial charge in [0.05, 0.1) is 9.85 Å². The normalized spacial score (nSPS) is 13.1. The van der Waals surface area contributed by atoms with Gasteiger partial charge in [-0.3, -0.25) is 29.8 Å². The molecule has 0 saturated carbocycles. The van der Waals surface area contributed by atoms with Crippen molar-refractivity contribution in [1.29, 1.82) is 0 Å². The standard InChI is InChI=1S/C7H6O2.C6H4N2O4/c1-5-4-6(8)2-3-7(5)9;9-7(10)5-3-1-2-4-6(5)8(11)12/h2-4H,1H3;1-4H. The van der Waals surface area contributed by atoms with Crippen LogP contribution in [0.25, 0.3) is 0 Å². The second-order valence-corrected chi connectivity index (χ2v) is 3.93. The fraction of sp³-hybridized carbons (Fsp3) is 0.0769. The van der Waals surface area contributed by atoms with Gasteiger partial charge in [-0.1, -0.05) is 12.1 Å². The molecule has 0 saturated heterocycles. The minimum atomic E-state index is -0.780. The molecule has 0 spiro atoms. The summed E-state index contributed by atoms with van der Waals surface area (Å²) in [6, 6.07) is 4.95. The maximum atomic E-state index is 10.6. The predicted molar refractivity (Wildman–Crippen MR) is 72.7 cm³/mol. The number of nitro groups is 2. The number of ketones is 2. The van der Waals surface area contributed by atoms with Crippen molar-refractivity contribution in [2.45, 2.75) is 6.92 Å². The van der Waals surface area contributed by atoms with Crippen LogP contribution in [0, 0.1) is 20.2 Å². The summed E-state index contributed by atoms with van der Waals surface area (Å²) in [6.45, 7) is 1.63. The van der Waals surface area contributed by atoms with E-state index in [1.165, 1.54) is 30.4 Å². The minimum absolute atomic E-state index is 0.0744. The lowest BCUT2D eigenvalue weighted by atomic mass is 10.1. The van der Waals surface area contributed by atoms with Gasteiger partial charge in [-0.05, 0) is 25.2 Å². The van der Waals surface area contributed by atoms with Crippen molar-refractivity contribution in [3.05, 3.63) is 68.3 Å². The molecule has 2 rings (SSSR count). The van der Waals surface area contributed by atoms with Crippen molar-refractivity contribution < 1.29 is 19.4 Å². The van der Waals surface area contributed by atoms with Crippen LogP contribution in [0.5, 0.6) is 0 Å². The zero-order chi connectivity index (χ0) is 16.0. The molecule has 0 amide bonds. The van der Waals surface area contributed by atoms with Gasteiger partial charge in [0, 0.05) is 17.7 Å². The summed E-state index contributed by atoms with van der Waals surface area (Å²) in [7, 11) is 0. The molecule has 0 unspecified atom stereocenters. The SMILES string of the molecule is CC1=CC(=O)C=CC1=O.O=[N+]([O-])c1ccccc1[N+](=O)[O-]. The number of allylic oxidation sites excluding steroid dienone is 4. The van der Waals surface area contributed by atoms with Crippen molar-refractivity contribution in [3.63, 3.8) is 0 Å². The number of para-hydroxylation sites is 2. The Bertz CT molecular complexity index is 642. The molecule has 0 N–H and O–H groups in total. The second kappa shape index (κ2) is 6.85. The molecule has 0 aromatic heterocycles. The molecule has 1 aromatic rings. The van der Waals surface area contributed by atoms with E-state index in [-0.39, 0.29) is 11.6 Å². The highest BCUT2D eigenvalue weighted by atomic mass is 16.6. The summed E-state index contributed by atoms with van der Waals surface area (Å²) in [5.41, 5.74) is -0.451. The number of nitro benzene ring substituents is 2. The third-order valence-corrected chi connectivity index (χ3v) is 2.42. The van der Waals surface area contributed by atoms with Crippen molar-refractivity contribution in [3.8, 4) is 0 Å². The van der Waals surface area contributed by atoms with Gasteiger partial charge >= 0.3 is 11.4 Å². The predicted octanol–water partition coefficient (Wildman–Crippen LogP) is 2.14. The Balaban J connectivity index is 0.000000219. The van der Waals surface area contributed by atoms with Crippen LogP contribution in [0.1, 0.15) is 6.92 Å². The first-order chi connectivity index (χ1) is 9.82. The van der Waals surface area contributed by atoms with E-state index in [1.807, 2.05) is 0 Å². The zero-order valence-corrected chi connectivity index (χ0v) is 10.9. The van der Waals surface area contributed by atoms with Gasteiger partial charge in [0.2, 0.25) is 0 Å². The molecular weight excluding hydrogens is 280 g/mol. The van der Waals surface area contributed by atoms with E-state index in [2.05, 4.69) is 0 Å². The highest BCUT2D eigenvalue weighted by molar-refractivity contribution is 6.16. The fourth-order valence-electron chi connectivity index (χ4n) is 1.39. The van der Waals surface area contributed by atoms with Crippen LogP contribution in [0.3, 0.4) is 0 Å². The smallest absolute Gasteiger partial charge is 0.290 e. The first kappa shape index (κ1) is 15.9. The van der Waals surface area contributed by atoms with Crippen LogP contribution in [-0.2, 0) is 9.59 Å². The fourth-order valence-corrected chi connectivity index (χ4v) is 1.39. The van der Waals surface area contributed by atoms with E-state index in [9.17, 15) is 29.8 Å². The maximum Gasteiger partial charge on any atom is 0.346 e. The number of nitrogens with zero attached hydrogens (tertiary/aromatic N) is 2. The summed E-state index contributed by atoms with van der Waals surface area (Å²) in [4.78, 5) is 40.0. The number of hydrogen-bond donors (Lipinski definition) is 0. The Hall–Kier alpha value is -3.16. The second-order valence-electron chi connectivity index (χ2n) is 3.93. The van der Waals surface area contributed by atoms with Gasteiger partial charge < -0.3 is 0 Å². The summed E-state index contributed by atoms with van der Waals surface area (Å²) < 4.78 is 0. The molecule has 0 radical (unpaired) electrons. The molecule has 1 aliphatic rings. The monoisotopic (exact) mass is 290 g/mol. The number of rotatable bonds is 2. The summed E-state index contributed by atoms with van der Waals surface area (Å²) in [5, 5.41) is 20.5. The van der Waals surface area contributed by atoms with Crippen LogP contribution in [0.4, 0.5) is 11.4 Å². The van der Waals surface area contributed by atoms with Crippen molar-refractivity contribution in [2.24, 2.45) is 0 Å². The van der Waals surface area contributed by atoms with E-state index in [0.717, 1.165) is 12.1 Å². The van der Waals surface area contributed by atoms with E-state index in [0.29, 0.717) is 5.57 Å². The van der Waals surface area contributed by atoms with E-state index >= 15 is 0 Å². The van der Waals surface area contributed by atoms with Crippen molar-refractivity contribution in [1.82, 2.24) is 0 Å². The van der Waals surface area contributed by atoms with Gasteiger partial charge in [0.1, 0.15) is 0 Å². The third-order valence-electron chi connectivity index (χ3n) is 2.42. The Labute approximate surface area is 118 Å². The van der Waals surface area contributed by atoms with E-state index < -0.39 is 21.2 Å². The molecule has 0 aliphatic heterocycles. The summed E-state index contributed by atoms with van der Waals surface area (Å²) >= 11 is 0. The lowest BCUT2D eigenvalue weighted by Crippen LogP contribution is -2.03. The molecule has 21 heavy (non-hydrogen) atoms.